The smallest absolute Gasteiger partial charge is 0.255 e. The summed E-state index contributed by atoms with van der Waals surface area (Å²) in [5, 5.41) is 12.6. The van der Waals surface area contributed by atoms with Gasteiger partial charge in [-0.25, -0.2) is 0 Å². The van der Waals surface area contributed by atoms with Crippen molar-refractivity contribution in [3.05, 3.63) is 53.6 Å². The number of carbonyl (C=O) groups excluding carboxylic acids is 2. The molecule has 1 fully saturated rings. The summed E-state index contributed by atoms with van der Waals surface area (Å²) in [4.78, 5) is 39.2. The standard InChI is InChI=1S/C29H40N2O7Si/c1-18-27(37-3)23-15-20(30-29(34)19-8-11-22(36-2)12-9-19)10-13-24(23)38-28(18)25(39(4,5)35)16-26(33)31-14-6-7-21(31)17-32/h8-13,15,18,21,25,27-28,32,35H,6-7,14,16-17H2,1-5H3,(H,30,34)/t18-,21+,25?,27-,28-/m1/s1. The number of fused-ring (bicyclic) bond motifs is 1. The van der Waals surface area contributed by atoms with Crippen LogP contribution in [-0.4, -0.2) is 74.5 Å². The first kappa shape index (κ1) is 29.1. The number of anilines is 1. The van der Waals surface area contributed by atoms with Crippen LogP contribution in [0, 0.1) is 5.92 Å². The van der Waals surface area contributed by atoms with Crippen LogP contribution in [0.15, 0.2) is 42.5 Å². The van der Waals surface area contributed by atoms with Crippen LogP contribution in [0.3, 0.4) is 0 Å². The monoisotopic (exact) mass is 556 g/mol. The topological polar surface area (TPSA) is 118 Å². The third-order valence-corrected chi connectivity index (χ3v) is 10.4. The van der Waals surface area contributed by atoms with Gasteiger partial charge in [-0.3, -0.25) is 9.59 Å². The molecule has 0 radical (unpaired) electrons. The SMILES string of the molecule is COc1ccc(C(=O)Nc2ccc3c(c2)[C@H](OC)[C@@H](C)[C@H](C(CC(=O)N2CCC[C@H]2CO)[Si](C)(C)O)O3)cc1. The molecular formula is C29H40N2O7Si. The summed E-state index contributed by atoms with van der Waals surface area (Å²) in [6, 6.07) is 12.1. The zero-order valence-electron chi connectivity index (χ0n) is 23.3. The molecule has 10 heteroatoms. The molecule has 0 spiro atoms. The molecule has 3 N–H and O–H groups in total. The van der Waals surface area contributed by atoms with Gasteiger partial charge in [0.1, 0.15) is 17.6 Å². The fourth-order valence-corrected chi connectivity index (χ4v) is 7.68. The van der Waals surface area contributed by atoms with Gasteiger partial charge in [0.15, 0.2) is 8.32 Å². The zero-order chi connectivity index (χ0) is 28.3. The van der Waals surface area contributed by atoms with E-state index in [4.69, 9.17) is 14.2 Å². The van der Waals surface area contributed by atoms with Gasteiger partial charge in [-0.1, -0.05) is 6.92 Å². The van der Waals surface area contributed by atoms with Crippen molar-refractivity contribution < 1.29 is 33.7 Å². The maximum atomic E-state index is 13.3. The average molecular weight is 557 g/mol. The normalized spacial score (nSPS) is 23.5. The molecule has 0 aromatic heterocycles. The van der Waals surface area contributed by atoms with Crippen LogP contribution in [-0.2, 0) is 9.53 Å². The summed E-state index contributed by atoms with van der Waals surface area (Å²) < 4.78 is 17.6. The predicted octanol–water partition coefficient (Wildman–Crippen LogP) is 3.97. The lowest BCUT2D eigenvalue weighted by molar-refractivity contribution is -0.133. The van der Waals surface area contributed by atoms with E-state index in [9.17, 15) is 19.5 Å². The van der Waals surface area contributed by atoms with Crippen molar-refractivity contribution in [1.29, 1.82) is 0 Å². The molecule has 212 valence electrons. The second-order valence-corrected chi connectivity index (χ2v) is 15.1. The van der Waals surface area contributed by atoms with Gasteiger partial charge in [0.25, 0.3) is 5.91 Å². The average Bonchev–Trinajstić information content (AvgIpc) is 3.40. The highest BCUT2D eigenvalue weighted by Crippen LogP contribution is 2.47. The Morgan fingerprint density at radius 2 is 1.90 bits per heavy atom. The van der Waals surface area contributed by atoms with Gasteiger partial charge >= 0.3 is 0 Å². The third-order valence-electron chi connectivity index (χ3n) is 8.05. The van der Waals surface area contributed by atoms with Crippen LogP contribution in [0.25, 0.3) is 0 Å². The highest BCUT2D eigenvalue weighted by molar-refractivity contribution is 6.71. The highest BCUT2D eigenvalue weighted by Gasteiger charge is 2.48. The molecule has 9 nitrogen and oxygen atoms in total. The van der Waals surface area contributed by atoms with Crippen LogP contribution in [0.4, 0.5) is 5.69 Å². The van der Waals surface area contributed by atoms with E-state index in [1.807, 2.05) is 26.1 Å². The van der Waals surface area contributed by atoms with Crippen molar-refractivity contribution in [3.8, 4) is 11.5 Å². The molecule has 2 aliphatic rings. The van der Waals surface area contributed by atoms with Crippen LogP contribution in [0.2, 0.25) is 18.6 Å². The maximum Gasteiger partial charge on any atom is 0.255 e. The Hall–Kier alpha value is -2.92. The van der Waals surface area contributed by atoms with E-state index < -0.39 is 14.4 Å². The Morgan fingerprint density at radius 3 is 2.51 bits per heavy atom. The van der Waals surface area contributed by atoms with E-state index in [-0.39, 0.29) is 48.4 Å². The molecule has 2 aliphatic heterocycles. The van der Waals surface area contributed by atoms with Gasteiger partial charge in [-0.15, -0.1) is 0 Å². The lowest BCUT2D eigenvalue weighted by Gasteiger charge is -2.44. The van der Waals surface area contributed by atoms with Crippen molar-refractivity contribution in [2.45, 2.75) is 63.1 Å². The van der Waals surface area contributed by atoms with Crippen molar-refractivity contribution in [3.63, 3.8) is 0 Å². The maximum absolute atomic E-state index is 13.3. The molecule has 1 saturated heterocycles. The second kappa shape index (κ2) is 12.1. The summed E-state index contributed by atoms with van der Waals surface area (Å²) in [5.41, 5.74) is 1.54. The summed E-state index contributed by atoms with van der Waals surface area (Å²) in [6.45, 7) is 6.25. The van der Waals surface area contributed by atoms with E-state index in [0.717, 1.165) is 18.4 Å². The van der Waals surface area contributed by atoms with Gasteiger partial charge in [0.2, 0.25) is 5.91 Å². The predicted molar refractivity (Wildman–Crippen MR) is 151 cm³/mol. The number of amides is 2. The van der Waals surface area contributed by atoms with Gasteiger partial charge in [-0.05, 0) is 68.4 Å². The molecule has 2 aromatic carbocycles. The minimum Gasteiger partial charge on any atom is -0.497 e. The number of benzene rings is 2. The minimum absolute atomic E-state index is 0.0524. The molecule has 0 saturated carbocycles. The van der Waals surface area contributed by atoms with Crippen LogP contribution in [0.1, 0.15) is 48.2 Å². The quantitative estimate of drug-likeness (QED) is 0.400. The molecule has 4 rings (SSSR count). The summed E-state index contributed by atoms with van der Waals surface area (Å²) in [5.74, 6) is 0.811. The third kappa shape index (κ3) is 6.30. The van der Waals surface area contributed by atoms with Crippen molar-refractivity contribution in [1.82, 2.24) is 4.90 Å². The number of nitrogens with zero attached hydrogens (tertiary/aromatic N) is 1. The van der Waals surface area contributed by atoms with E-state index >= 15 is 0 Å². The number of hydrogen-bond donors (Lipinski definition) is 3. The lowest BCUT2D eigenvalue weighted by Crippen LogP contribution is -2.50. The van der Waals surface area contributed by atoms with Crippen molar-refractivity contribution >= 4 is 25.8 Å². The number of carbonyl (C=O) groups is 2. The molecule has 0 aliphatic carbocycles. The zero-order valence-corrected chi connectivity index (χ0v) is 24.3. The Bertz CT molecular complexity index is 1170. The number of nitrogens with one attached hydrogen (secondary N) is 1. The van der Waals surface area contributed by atoms with Crippen LogP contribution >= 0.6 is 0 Å². The Morgan fingerprint density at radius 1 is 1.18 bits per heavy atom. The van der Waals surface area contributed by atoms with E-state index in [2.05, 4.69) is 5.32 Å². The molecule has 2 amide bonds. The van der Waals surface area contributed by atoms with Gasteiger partial charge in [0, 0.05) is 48.3 Å². The van der Waals surface area contributed by atoms with Crippen molar-refractivity contribution in [2.24, 2.45) is 5.92 Å². The molecule has 5 atom stereocenters. The largest absolute Gasteiger partial charge is 0.497 e. The molecule has 39 heavy (non-hydrogen) atoms. The van der Waals surface area contributed by atoms with E-state index in [0.29, 0.717) is 29.3 Å². The first-order chi connectivity index (χ1) is 18.6. The summed E-state index contributed by atoms with van der Waals surface area (Å²) in [7, 11) is 0.349. The molecule has 2 heterocycles. The Labute approximate surface area is 231 Å². The van der Waals surface area contributed by atoms with E-state index in [1.54, 1.807) is 55.5 Å². The fraction of sp³-hybridized carbons (Fsp3) is 0.517. The van der Waals surface area contributed by atoms with Gasteiger partial charge in [0.05, 0.1) is 25.9 Å². The first-order valence-electron chi connectivity index (χ1n) is 13.5. The molecular weight excluding hydrogens is 516 g/mol. The number of hydrogen-bond acceptors (Lipinski definition) is 7. The van der Waals surface area contributed by atoms with Crippen molar-refractivity contribution in [2.75, 3.05) is 32.7 Å². The molecule has 0 bridgehead atoms. The molecule has 1 unspecified atom stereocenters. The number of methoxy groups -OCH3 is 2. The van der Waals surface area contributed by atoms with Gasteiger partial charge < -0.3 is 34.3 Å². The molecule has 2 aromatic rings. The summed E-state index contributed by atoms with van der Waals surface area (Å²) in [6.07, 6.45) is 1.02. The number of likely N-dealkylation sites (tertiary alicyclic amines) is 1. The second-order valence-electron chi connectivity index (χ2n) is 11.1. The number of rotatable bonds is 9. The Balaban J connectivity index is 1.56. The number of aliphatic hydroxyl groups is 1. The number of ether oxygens (including phenoxy) is 3. The number of aliphatic hydroxyl groups excluding tert-OH is 1. The lowest BCUT2D eigenvalue weighted by atomic mass is 9.86. The Kier molecular flexibility index (Phi) is 9.00. The van der Waals surface area contributed by atoms with Crippen LogP contribution in [0.5, 0.6) is 11.5 Å². The highest BCUT2D eigenvalue weighted by atomic mass is 28.4. The van der Waals surface area contributed by atoms with Gasteiger partial charge in [-0.2, -0.15) is 0 Å². The van der Waals surface area contributed by atoms with Crippen LogP contribution < -0.4 is 14.8 Å². The fourth-order valence-electron chi connectivity index (χ4n) is 5.83. The first-order valence-corrected chi connectivity index (χ1v) is 16.5. The van der Waals surface area contributed by atoms with E-state index in [1.165, 1.54) is 0 Å². The summed E-state index contributed by atoms with van der Waals surface area (Å²) >= 11 is 0. The minimum atomic E-state index is -2.86.